The Morgan fingerprint density at radius 3 is 3.12 bits per heavy atom. The van der Waals surface area contributed by atoms with E-state index in [2.05, 4.69) is 15.6 Å². The van der Waals surface area contributed by atoms with Crippen LogP contribution in [0, 0.1) is 0 Å². The first-order chi connectivity index (χ1) is 8.29. The lowest BCUT2D eigenvalue weighted by Crippen LogP contribution is -2.19. The second-order valence-electron chi connectivity index (χ2n) is 4.04. The van der Waals surface area contributed by atoms with E-state index in [1.54, 1.807) is 0 Å². The molecule has 1 amide bonds. The molecule has 1 aromatic carbocycles. The third-order valence-corrected chi connectivity index (χ3v) is 2.57. The smallest absolute Gasteiger partial charge is 0.224 e. The van der Waals surface area contributed by atoms with Crippen molar-refractivity contribution in [1.29, 1.82) is 0 Å². The zero-order chi connectivity index (χ0) is 12.1. The first-order valence-electron chi connectivity index (χ1n) is 5.98. The summed E-state index contributed by atoms with van der Waals surface area (Å²) in [7, 11) is 0. The van der Waals surface area contributed by atoms with Gasteiger partial charge in [0.15, 0.2) is 0 Å². The molecule has 1 aliphatic rings. The minimum Gasteiger partial charge on any atom is -0.368 e. The summed E-state index contributed by atoms with van der Waals surface area (Å²) in [6, 6.07) is 7.77. The SMILES string of the molecule is CCCC(=O)Nc1cccc(C2=NCCN2)c1. The maximum Gasteiger partial charge on any atom is 0.224 e. The van der Waals surface area contributed by atoms with Gasteiger partial charge in [0.05, 0.1) is 6.54 Å². The fourth-order valence-corrected chi connectivity index (χ4v) is 1.79. The number of hydrogen-bond donors (Lipinski definition) is 2. The molecule has 90 valence electrons. The molecular weight excluding hydrogens is 214 g/mol. The molecule has 0 saturated carbocycles. The van der Waals surface area contributed by atoms with E-state index in [1.807, 2.05) is 31.2 Å². The molecule has 1 aliphatic heterocycles. The largest absolute Gasteiger partial charge is 0.368 e. The molecule has 0 saturated heterocycles. The van der Waals surface area contributed by atoms with Crippen molar-refractivity contribution in [2.45, 2.75) is 19.8 Å². The van der Waals surface area contributed by atoms with E-state index in [1.165, 1.54) is 0 Å². The van der Waals surface area contributed by atoms with Crippen molar-refractivity contribution < 1.29 is 4.79 Å². The number of aliphatic imine (C=N–C) groups is 1. The molecule has 0 bridgehead atoms. The quantitative estimate of drug-likeness (QED) is 0.829. The van der Waals surface area contributed by atoms with Crippen LogP contribution in [-0.2, 0) is 4.79 Å². The van der Waals surface area contributed by atoms with E-state index in [9.17, 15) is 4.79 Å². The fourth-order valence-electron chi connectivity index (χ4n) is 1.79. The van der Waals surface area contributed by atoms with Crippen LogP contribution in [0.15, 0.2) is 29.3 Å². The van der Waals surface area contributed by atoms with Gasteiger partial charge >= 0.3 is 0 Å². The van der Waals surface area contributed by atoms with E-state index in [-0.39, 0.29) is 5.91 Å². The highest BCUT2D eigenvalue weighted by atomic mass is 16.1. The zero-order valence-electron chi connectivity index (χ0n) is 9.99. The number of nitrogens with one attached hydrogen (secondary N) is 2. The molecule has 4 nitrogen and oxygen atoms in total. The average molecular weight is 231 g/mol. The van der Waals surface area contributed by atoms with Crippen molar-refractivity contribution >= 4 is 17.4 Å². The van der Waals surface area contributed by atoms with E-state index >= 15 is 0 Å². The van der Waals surface area contributed by atoms with Gasteiger partial charge in [0.25, 0.3) is 0 Å². The third kappa shape index (κ3) is 3.06. The Morgan fingerprint density at radius 2 is 2.41 bits per heavy atom. The summed E-state index contributed by atoms with van der Waals surface area (Å²) in [6.07, 6.45) is 1.42. The molecule has 0 aliphatic carbocycles. The molecule has 0 atom stereocenters. The van der Waals surface area contributed by atoms with Gasteiger partial charge in [0.2, 0.25) is 5.91 Å². The molecule has 1 heterocycles. The zero-order valence-corrected chi connectivity index (χ0v) is 9.99. The van der Waals surface area contributed by atoms with Crippen LogP contribution >= 0.6 is 0 Å². The van der Waals surface area contributed by atoms with Crippen LogP contribution in [0.4, 0.5) is 5.69 Å². The highest BCUT2D eigenvalue weighted by molar-refractivity contribution is 6.01. The summed E-state index contributed by atoms with van der Waals surface area (Å²) in [5.74, 6) is 0.975. The van der Waals surface area contributed by atoms with Crippen LogP contribution in [0.5, 0.6) is 0 Å². The molecule has 0 unspecified atom stereocenters. The van der Waals surface area contributed by atoms with Gasteiger partial charge in [-0.25, -0.2) is 0 Å². The minimum atomic E-state index is 0.0611. The fraction of sp³-hybridized carbons (Fsp3) is 0.385. The van der Waals surface area contributed by atoms with Gasteiger partial charge in [0.1, 0.15) is 5.84 Å². The number of amides is 1. The normalized spacial score (nSPS) is 14.1. The van der Waals surface area contributed by atoms with E-state index in [4.69, 9.17) is 0 Å². The first kappa shape index (κ1) is 11.6. The summed E-state index contributed by atoms with van der Waals surface area (Å²) < 4.78 is 0. The summed E-state index contributed by atoms with van der Waals surface area (Å²) in [4.78, 5) is 15.8. The number of carbonyl (C=O) groups excluding carboxylic acids is 1. The number of rotatable bonds is 4. The monoisotopic (exact) mass is 231 g/mol. The maximum atomic E-state index is 11.5. The first-order valence-corrected chi connectivity index (χ1v) is 5.98. The minimum absolute atomic E-state index is 0.0611. The van der Waals surface area contributed by atoms with Gasteiger partial charge in [-0.3, -0.25) is 9.79 Å². The van der Waals surface area contributed by atoms with Crippen LogP contribution in [0.3, 0.4) is 0 Å². The van der Waals surface area contributed by atoms with Crippen LogP contribution in [0.1, 0.15) is 25.3 Å². The molecule has 0 radical (unpaired) electrons. The van der Waals surface area contributed by atoms with Crippen molar-refractivity contribution in [3.05, 3.63) is 29.8 Å². The topological polar surface area (TPSA) is 53.5 Å². The molecule has 2 N–H and O–H groups in total. The van der Waals surface area contributed by atoms with Gasteiger partial charge in [-0.05, 0) is 18.6 Å². The highest BCUT2D eigenvalue weighted by Crippen LogP contribution is 2.12. The molecule has 4 heteroatoms. The summed E-state index contributed by atoms with van der Waals surface area (Å²) >= 11 is 0. The predicted octanol–water partition coefficient (Wildman–Crippen LogP) is 1.77. The van der Waals surface area contributed by atoms with Gasteiger partial charge in [-0.1, -0.05) is 19.1 Å². The Kier molecular flexibility index (Phi) is 3.75. The lowest BCUT2D eigenvalue weighted by Gasteiger charge is -2.07. The molecule has 0 spiro atoms. The highest BCUT2D eigenvalue weighted by Gasteiger charge is 2.08. The van der Waals surface area contributed by atoms with Crippen LogP contribution in [0.25, 0.3) is 0 Å². The Hall–Kier alpha value is -1.84. The van der Waals surface area contributed by atoms with E-state index in [0.717, 1.165) is 36.6 Å². The summed E-state index contributed by atoms with van der Waals surface area (Å²) in [5.41, 5.74) is 1.86. The second kappa shape index (κ2) is 5.48. The standard InChI is InChI=1S/C13H17N3O/c1-2-4-12(17)16-11-6-3-5-10(9-11)13-14-7-8-15-13/h3,5-6,9H,2,4,7-8H2,1H3,(H,14,15)(H,16,17). The Morgan fingerprint density at radius 1 is 1.53 bits per heavy atom. The average Bonchev–Trinajstić information content (AvgIpc) is 2.83. The Bertz CT molecular complexity index is 440. The van der Waals surface area contributed by atoms with Gasteiger partial charge in [-0.2, -0.15) is 0 Å². The van der Waals surface area contributed by atoms with Crippen molar-refractivity contribution in [3.63, 3.8) is 0 Å². The number of carbonyl (C=O) groups is 1. The summed E-state index contributed by atoms with van der Waals surface area (Å²) in [5, 5.41) is 6.10. The van der Waals surface area contributed by atoms with Crippen molar-refractivity contribution in [1.82, 2.24) is 5.32 Å². The molecule has 2 rings (SSSR count). The third-order valence-electron chi connectivity index (χ3n) is 2.57. The van der Waals surface area contributed by atoms with Gasteiger partial charge in [-0.15, -0.1) is 0 Å². The molecule has 0 fully saturated rings. The number of anilines is 1. The van der Waals surface area contributed by atoms with Crippen LogP contribution in [0.2, 0.25) is 0 Å². The van der Waals surface area contributed by atoms with E-state index in [0.29, 0.717) is 6.42 Å². The number of nitrogens with zero attached hydrogens (tertiary/aromatic N) is 1. The molecular formula is C13H17N3O. The maximum absolute atomic E-state index is 11.5. The molecule has 17 heavy (non-hydrogen) atoms. The van der Waals surface area contributed by atoms with Gasteiger partial charge < -0.3 is 10.6 Å². The lowest BCUT2D eigenvalue weighted by atomic mass is 10.2. The number of benzene rings is 1. The number of amidine groups is 1. The van der Waals surface area contributed by atoms with Crippen molar-refractivity contribution in [3.8, 4) is 0 Å². The second-order valence-corrected chi connectivity index (χ2v) is 4.04. The van der Waals surface area contributed by atoms with Crippen LogP contribution < -0.4 is 10.6 Å². The van der Waals surface area contributed by atoms with Crippen LogP contribution in [-0.4, -0.2) is 24.8 Å². The predicted molar refractivity (Wildman–Crippen MR) is 69.4 cm³/mol. The number of hydrogen-bond acceptors (Lipinski definition) is 3. The van der Waals surface area contributed by atoms with Crippen molar-refractivity contribution in [2.24, 2.45) is 4.99 Å². The van der Waals surface area contributed by atoms with Crippen molar-refractivity contribution in [2.75, 3.05) is 18.4 Å². The summed E-state index contributed by atoms with van der Waals surface area (Å²) in [6.45, 7) is 3.71. The lowest BCUT2D eigenvalue weighted by molar-refractivity contribution is -0.116. The Labute approximate surface area is 101 Å². The Balaban J connectivity index is 2.08. The van der Waals surface area contributed by atoms with E-state index < -0.39 is 0 Å². The molecule has 0 aromatic heterocycles. The molecule has 1 aromatic rings. The van der Waals surface area contributed by atoms with Gasteiger partial charge in [0, 0.05) is 24.2 Å².